The van der Waals surface area contributed by atoms with Gasteiger partial charge in [-0.1, -0.05) is 5.21 Å². The van der Waals surface area contributed by atoms with E-state index in [0.717, 1.165) is 6.26 Å². The summed E-state index contributed by atoms with van der Waals surface area (Å²) in [5.41, 5.74) is 0.230. The molecule has 0 bridgehead atoms. The quantitative estimate of drug-likeness (QED) is 0.877. The molecule has 1 N–H and O–H groups in total. The molecule has 7 nitrogen and oxygen atoms in total. The van der Waals surface area contributed by atoms with Crippen molar-refractivity contribution in [1.29, 1.82) is 0 Å². The van der Waals surface area contributed by atoms with Crippen LogP contribution in [0.15, 0.2) is 24.3 Å². The van der Waals surface area contributed by atoms with Crippen molar-refractivity contribution in [2.75, 3.05) is 12.0 Å². The van der Waals surface area contributed by atoms with Gasteiger partial charge in [0, 0.05) is 11.8 Å². The largest absolute Gasteiger partial charge is 0.476 e. The first-order valence-corrected chi connectivity index (χ1v) is 7.94. The number of aromatic carboxylic acids is 1. The Bertz CT molecular complexity index is 768. The van der Waals surface area contributed by atoms with E-state index in [-0.39, 0.29) is 23.7 Å². The van der Waals surface area contributed by atoms with Gasteiger partial charge in [0.2, 0.25) is 0 Å². The zero-order valence-corrected chi connectivity index (χ0v) is 11.8. The second-order valence-corrected chi connectivity index (χ2v) is 6.71. The number of nitrogens with zero attached hydrogens (tertiary/aromatic N) is 3. The Morgan fingerprint density at radius 1 is 1.33 bits per heavy atom. The zero-order chi connectivity index (χ0) is 15.6. The summed E-state index contributed by atoms with van der Waals surface area (Å²) in [5.74, 6) is -1.96. The predicted octanol–water partition coefficient (Wildman–Crippen LogP) is 0.827. The number of aryl methyl sites for hydroxylation is 1. The van der Waals surface area contributed by atoms with E-state index in [1.54, 1.807) is 0 Å². The maximum absolute atomic E-state index is 13.0. The Balaban J connectivity index is 2.47. The minimum Gasteiger partial charge on any atom is -0.476 e. The van der Waals surface area contributed by atoms with Gasteiger partial charge in [0.15, 0.2) is 5.69 Å². The monoisotopic (exact) mass is 313 g/mol. The second kappa shape index (κ2) is 5.60. The van der Waals surface area contributed by atoms with Gasteiger partial charge in [-0.15, -0.1) is 5.10 Å². The van der Waals surface area contributed by atoms with Crippen molar-refractivity contribution in [2.45, 2.75) is 6.54 Å². The smallest absolute Gasteiger partial charge is 0.358 e. The van der Waals surface area contributed by atoms with Crippen molar-refractivity contribution in [2.24, 2.45) is 0 Å². The van der Waals surface area contributed by atoms with E-state index in [2.05, 4.69) is 10.3 Å². The Morgan fingerprint density at radius 2 is 1.95 bits per heavy atom. The Hall–Kier alpha value is -2.29. The van der Waals surface area contributed by atoms with Crippen LogP contribution in [0, 0.1) is 5.82 Å². The standard InChI is InChI=1S/C12H12FN3O4S/c1-21(19,20)7-6-16-11(10(12(17)18)14-15-16)8-2-4-9(13)5-3-8/h2-5H,6-7H2,1H3,(H,17,18). The summed E-state index contributed by atoms with van der Waals surface area (Å²) >= 11 is 0. The molecule has 0 saturated carbocycles. The lowest BCUT2D eigenvalue weighted by molar-refractivity contribution is 0.0691. The van der Waals surface area contributed by atoms with E-state index in [0.29, 0.717) is 5.56 Å². The van der Waals surface area contributed by atoms with E-state index in [9.17, 15) is 17.6 Å². The molecule has 112 valence electrons. The minimum absolute atomic E-state index is 0.0359. The topological polar surface area (TPSA) is 102 Å². The first-order chi connectivity index (χ1) is 9.78. The van der Waals surface area contributed by atoms with Crippen molar-refractivity contribution < 1.29 is 22.7 Å². The molecule has 0 atom stereocenters. The third-order valence-corrected chi connectivity index (χ3v) is 3.65. The molecule has 2 aromatic rings. The molecule has 2 rings (SSSR count). The summed E-state index contributed by atoms with van der Waals surface area (Å²) in [6.45, 7) is -0.0359. The number of halogens is 1. The molecule has 0 amide bonds. The molecule has 0 aliphatic rings. The molecule has 1 aromatic heterocycles. The van der Waals surface area contributed by atoms with Gasteiger partial charge in [-0.25, -0.2) is 22.3 Å². The minimum atomic E-state index is -3.24. The summed E-state index contributed by atoms with van der Waals surface area (Å²) in [6.07, 6.45) is 1.07. The van der Waals surface area contributed by atoms with Gasteiger partial charge in [-0.3, -0.25) is 0 Å². The van der Waals surface area contributed by atoms with Crippen molar-refractivity contribution in [3.05, 3.63) is 35.8 Å². The normalized spacial score (nSPS) is 11.5. The number of hydrogen-bond donors (Lipinski definition) is 1. The lowest BCUT2D eigenvalue weighted by Gasteiger charge is -2.06. The lowest BCUT2D eigenvalue weighted by atomic mass is 10.1. The van der Waals surface area contributed by atoms with Crippen LogP contribution in [0.25, 0.3) is 11.3 Å². The maximum atomic E-state index is 13.0. The molecule has 1 heterocycles. The zero-order valence-electron chi connectivity index (χ0n) is 11.0. The van der Waals surface area contributed by atoms with Crippen molar-refractivity contribution in [1.82, 2.24) is 15.0 Å². The summed E-state index contributed by atoms with van der Waals surface area (Å²) in [4.78, 5) is 11.2. The lowest BCUT2D eigenvalue weighted by Crippen LogP contribution is -2.13. The molecule has 0 fully saturated rings. The fraction of sp³-hybridized carbons (Fsp3) is 0.250. The van der Waals surface area contributed by atoms with Crippen LogP contribution in [-0.4, -0.2) is 46.5 Å². The van der Waals surface area contributed by atoms with Gasteiger partial charge in [0.25, 0.3) is 0 Å². The van der Waals surface area contributed by atoms with Gasteiger partial charge in [-0.2, -0.15) is 0 Å². The van der Waals surface area contributed by atoms with Gasteiger partial charge < -0.3 is 5.11 Å². The van der Waals surface area contributed by atoms with E-state index in [4.69, 9.17) is 5.11 Å². The van der Waals surface area contributed by atoms with Gasteiger partial charge >= 0.3 is 5.97 Å². The van der Waals surface area contributed by atoms with Gasteiger partial charge in [0.05, 0.1) is 12.3 Å². The Kier molecular flexibility index (Phi) is 4.03. The van der Waals surface area contributed by atoms with Crippen molar-refractivity contribution in [3.8, 4) is 11.3 Å². The molecule has 0 unspecified atom stereocenters. The average molecular weight is 313 g/mol. The molecular formula is C12H12FN3O4S. The van der Waals surface area contributed by atoms with Gasteiger partial charge in [0.1, 0.15) is 21.3 Å². The number of aromatic nitrogens is 3. The molecule has 0 saturated heterocycles. The van der Waals surface area contributed by atoms with E-state index in [1.807, 2.05) is 0 Å². The molecule has 0 radical (unpaired) electrons. The van der Waals surface area contributed by atoms with Crippen molar-refractivity contribution >= 4 is 15.8 Å². The fourth-order valence-corrected chi connectivity index (χ4v) is 2.26. The van der Waals surface area contributed by atoms with Crippen LogP contribution in [0.1, 0.15) is 10.5 Å². The highest BCUT2D eigenvalue weighted by Crippen LogP contribution is 2.22. The molecule has 0 spiro atoms. The summed E-state index contributed by atoms with van der Waals surface area (Å²) < 4.78 is 36.6. The number of benzene rings is 1. The molecular weight excluding hydrogens is 301 g/mol. The molecule has 1 aromatic carbocycles. The molecule has 9 heteroatoms. The number of carbonyl (C=O) groups is 1. The summed E-state index contributed by atoms with van der Waals surface area (Å²) in [6, 6.07) is 5.12. The second-order valence-electron chi connectivity index (χ2n) is 4.45. The number of carboxylic acid groups (broad SMARTS) is 1. The van der Waals surface area contributed by atoms with Crippen LogP contribution in [0.5, 0.6) is 0 Å². The van der Waals surface area contributed by atoms with Crippen molar-refractivity contribution in [3.63, 3.8) is 0 Å². The first-order valence-electron chi connectivity index (χ1n) is 5.88. The van der Waals surface area contributed by atoms with E-state index >= 15 is 0 Å². The van der Waals surface area contributed by atoms with Crippen LogP contribution in [0.2, 0.25) is 0 Å². The molecule has 0 aliphatic heterocycles. The maximum Gasteiger partial charge on any atom is 0.358 e. The summed E-state index contributed by atoms with van der Waals surface area (Å²) in [7, 11) is -3.24. The molecule has 0 aliphatic carbocycles. The highest BCUT2D eigenvalue weighted by Gasteiger charge is 2.21. The van der Waals surface area contributed by atoms with Crippen LogP contribution in [-0.2, 0) is 16.4 Å². The highest BCUT2D eigenvalue weighted by molar-refractivity contribution is 7.90. The Labute approximate surface area is 119 Å². The third kappa shape index (κ3) is 3.63. The van der Waals surface area contributed by atoms with Crippen LogP contribution in [0.4, 0.5) is 4.39 Å². The van der Waals surface area contributed by atoms with E-state index in [1.165, 1.54) is 28.9 Å². The number of rotatable bonds is 5. The first kappa shape index (κ1) is 15.1. The Morgan fingerprint density at radius 3 is 2.48 bits per heavy atom. The number of sulfone groups is 1. The fourth-order valence-electron chi connectivity index (χ4n) is 1.76. The van der Waals surface area contributed by atoms with E-state index < -0.39 is 21.6 Å². The summed E-state index contributed by atoms with van der Waals surface area (Å²) in [5, 5.41) is 16.3. The SMILES string of the molecule is CS(=O)(=O)CCn1nnc(C(=O)O)c1-c1ccc(F)cc1. The van der Waals surface area contributed by atoms with Crippen LogP contribution in [0.3, 0.4) is 0 Å². The molecule has 21 heavy (non-hydrogen) atoms. The van der Waals surface area contributed by atoms with Crippen LogP contribution < -0.4 is 0 Å². The third-order valence-electron chi connectivity index (χ3n) is 2.73. The van der Waals surface area contributed by atoms with Crippen LogP contribution >= 0.6 is 0 Å². The highest BCUT2D eigenvalue weighted by atomic mass is 32.2. The number of carboxylic acids is 1. The predicted molar refractivity (Wildman–Crippen MR) is 72.1 cm³/mol. The van der Waals surface area contributed by atoms with Gasteiger partial charge in [-0.05, 0) is 24.3 Å². The average Bonchev–Trinajstić information content (AvgIpc) is 2.80. The number of hydrogen-bond acceptors (Lipinski definition) is 5.